The third kappa shape index (κ3) is 2.28. The molecule has 2 rings (SSSR count). The minimum atomic E-state index is 0.309. The number of benzene rings is 1. The maximum atomic E-state index is 6.02. The van der Waals surface area contributed by atoms with Crippen molar-refractivity contribution in [2.75, 3.05) is 0 Å². The van der Waals surface area contributed by atoms with Crippen LogP contribution in [0.5, 0.6) is 0 Å². The van der Waals surface area contributed by atoms with Crippen molar-refractivity contribution in [3.63, 3.8) is 0 Å². The van der Waals surface area contributed by atoms with Gasteiger partial charge in [0.15, 0.2) is 5.15 Å². The molecule has 0 bridgehead atoms. The smallest absolute Gasteiger partial charge is 0.166 e. The van der Waals surface area contributed by atoms with Gasteiger partial charge in [-0.1, -0.05) is 53.0 Å². The fraction of sp³-hybridized carbons (Fsp3) is 0.100. The number of hydrogen-bond donors (Lipinski definition) is 0. The van der Waals surface area contributed by atoms with E-state index < -0.39 is 0 Å². The minimum absolute atomic E-state index is 0.309. The van der Waals surface area contributed by atoms with Crippen LogP contribution in [0.1, 0.15) is 5.56 Å². The zero-order chi connectivity index (χ0) is 10.8. The fourth-order valence-corrected chi connectivity index (χ4v) is 1.76. The summed E-state index contributed by atoms with van der Waals surface area (Å²) in [4.78, 5) is 3.90. The molecule has 0 fully saturated rings. The summed E-state index contributed by atoms with van der Waals surface area (Å²) in [6, 6.07) is 7.58. The standard InChI is InChI=1S/C10H7Cl3N2/c11-8-4-2-1-3-7(8)5-15-6-14-9(12)10(15)13/h1-4,6H,5H2. The Kier molecular flexibility index (Phi) is 3.19. The van der Waals surface area contributed by atoms with Gasteiger partial charge in [-0.2, -0.15) is 0 Å². The highest BCUT2D eigenvalue weighted by atomic mass is 35.5. The first-order valence-corrected chi connectivity index (χ1v) is 5.41. The van der Waals surface area contributed by atoms with Crippen LogP contribution < -0.4 is 0 Å². The molecule has 2 aromatic rings. The van der Waals surface area contributed by atoms with Gasteiger partial charge in [0.05, 0.1) is 12.9 Å². The van der Waals surface area contributed by atoms with Crippen molar-refractivity contribution in [3.8, 4) is 0 Å². The van der Waals surface area contributed by atoms with Crippen molar-refractivity contribution in [3.05, 3.63) is 51.5 Å². The molecule has 0 N–H and O–H groups in total. The Morgan fingerprint density at radius 2 is 1.87 bits per heavy atom. The molecular weight excluding hydrogens is 254 g/mol. The van der Waals surface area contributed by atoms with Crippen LogP contribution in [0.25, 0.3) is 0 Å². The van der Waals surface area contributed by atoms with E-state index in [2.05, 4.69) is 4.98 Å². The van der Waals surface area contributed by atoms with Crippen LogP contribution in [-0.4, -0.2) is 9.55 Å². The highest BCUT2D eigenvalue weighted by Gasteiger charge is 2.07. The fourth-order valence-electron chi connectivity index (χ4n) is 1.26. The Bertz CT molecular complexity index is 479. The molecule has 15 heavy (non-hydrogen) atoms. The first-order valence-electron chi connectivity index (χ1n) is 4.28. The third-order valence-electron chi connectivity index (χ3n) is 2.03. The summed E-state index contributed by atoms with van der Waals surface area (Å²) < 4.78 is 1.74. The molecule has 0 aliphatic heterocycles. The Morgan fingerprint density at radius 3 is 2.47 bits per heavy atom. The van der Waals surface area contributed by atoms with Crippen molar-refractivity contribution < 1.29 is 0 Å². The van der Waals surface area contributed by atoms with Gasteiger partial charge in [0.25, 0.3) is 0 Å². The molecule has 0 amide bonds. The van der Waals surface area contributed by atoms with E-state index in [0.717, 1.165) is 5.56 Å². The SMILES string of the molecule is Clc1ccccc1Cn1cnc(Cl)c1Cl. The number of aromatic nitrogens is 2. The van der Waals surface area contributed by atoms with Gasteiger partial charge in [-0.05, 0) is 11.6 Å². The van der Waals surface area contributed by atoms with E-state index in [1.807, 2.05) is 24.3 Å². The summed E-state index contributed by atoms with van der Waals surface area (Å²) in [6.07, 6.45) is 1.59. The summed E-state index contributed by atoms with van der Waals surface area (Å²) in [6.45, 7) is 0.568. The Balaban J connectivity index is 2.30. The quantitative estimate of drug-likeness (QED) is 0.802. The summed E-state index contributed by atoms with van der Waals surface area (Å²) in [5.41, 5.74) is 0.982. The molecular formula is C10H7Cl3N2. The molecule has 0 unspecified atom stereocenters. The average Bonchev–Trinajstić information content (AvgIpc) is 2.53. The van der Waals surface area contributed by atoms with E-state index in [0.29, 0.717) is 21.9 Å². The van der Waals surface area contributed by atoms with Gasteiger partial charge in [0.2, 0.25) is 0 Å². The van der Waals surface area contributed by atoms with Gasteiger partial charge < -0.3 is 4.57 Å². The summed E-state index contributed by atoms with van der Waals surface area (Å²) in [5.74, 6) is 0. The van der Waals surface area contributed by atoms with Gasteiger partial charge in [0.1, 0.15) is 5.15 Å². The van der Waals surface area contributed by atoms with Crippen LogP contribution in [0, 0.1) is 0 Å². The van der Waals surface area contributed by atoms with Gasteiger partial charge in [0, 0.05) is 5.02 Å². The first kappa shape index (κ1) is 10.8. The van der Waals surface area contributed by atoms with Crippen molar-refractivity contribution >= 4 is 34.8 Å². The second-order valence-electron chi connectivity index (χ2n) is 3.05. The van der Waals surface area contributed by atoms with Crippen molar-refractivity contribution in [1.82, 2.24) is 9.55 Å². The molecule has 0 saturated heterocycles. The number of rotatable bonds is 2. The predicted octanol–water partition coefficient (Wildman–Crippen LogP) is 3.89. The van der Waals surface area contributed by atoms with E-state index in [-0.39, 0.29) is 0 Å². The van der Waals surface area contributed by atoms with Crippen LogP contribution in [0.15, 0.2) is 30.6 Å². The van der Waals surface area contributed by atoms with Crippen LogP contribution in [0.3, 0.4) is 0 Å². The molecule has 1 heterocycles. The zero-order valence-electron chi connectivity index (χ0n) is 7.62. The molecule has 5 heteroatoms. The molecule has 2 nitrogen and oxygen atoms in total. The maximum Gasteiger partial charge on any atom is 0.166 e. The minimum Gasteiger partial charge on any atom is -0.316 e. The van der Waals surface area contributed by atoms with Crippen molar-refractivity contribution in [2.24, 2.45) is 0 Å². The predicted molar refractivity (Wildman–Crippen MR) is 62.8 cm³/mol. The lowest BCUT2D eigenvalue weighted by Gasteiger charge is -2.05. The first-order chi connectivity index (χ1) is 7.18. The van der Waals surface area contributed by atoms with Gasteiger partial charge in [-0.25, -0.2) is 4.98 Å². The summed E-state index contributed by atoms with van der Waals surface area (Å²) >= 11 is 17.7. The molecule has 0 aliphatic rings. The number of nitrogens with zero attached hydrogens (tertiary/aromatic N) is 2. The molecule has 0 radical (unpaired) electrons. The lowest BCUT2D eigenvalue weighted by molar-refractivity contribution is 0.798. The largest absolute Gasteiger partial charge is 0.316 e. The van der Waals surface area contributed by atoms with E-state index in [1.165, 1.54) is 0 Å². The van der Waals surface area contributed by atoms with Crippen LogP contribution >= 0.6 is 34.8 Å². The monoisotopic (exact) mass is 260 g/mol. The second-order valence-corrected chi connectivity index (χ2v) is 4.17. The topological polar surface area (TPSA) is 17.8 Å². The Hall–Kier alpha value is -0.700. The van der Waals surface area contributed by atoms with Crippen LogP contribution in [-0.2, 0) is 6.54 Å². The maximum absolute atomic E-state index is 6.02. The molecule has 78 valence electrons. The van der Waals surface area contributed by atoms with E-state index in [9.17, 15) is 0 Å². The zero-order valence-corrected chi connectivity index (χ0v) is 9.89. The van der Waals surface area contributed by atoms with Crippen molar-refractivity contribution in [1.29, 1.82) is 0 Å². The number of imidazole rings is 1. The van der Waals surface area contributed by atoms with Crippen LogP contribution in [0.4, 0.5) is 0 Å². The summed E-state index contributed by atoms with van der Waals surface area (Å²) in [5, 5.41) is 1.44. The number of hydrogen-bond acceptors (Lipinski definition) is 1. The van der Waals surface area contributed by atoms with Crippen molar-refractivity contribution in [2.45, 2.75) is 6.54 Å². The lowest BCUT2D eigenvalue weighted by Crippen LogP contribution is -1.98. The van der Waals surface area contributed by atoms with E-state index in [1.54, 1.807) is 10.9 Å². The van der Waals surface area contributed by atoms with E-state index in [4.69, 9.17) is 34.8 Å². The highest BCUT2D eigenvalue weighted by Crippen LogP contribution is 2.23. The molecule has 0 spiro atoms. The van der Waals surface area contributed by atoms with E-state index >= 15 is 0 Å². The number of halogens is 3. The van der Waals surface area contributed by atoms with Crippen LogP contribution in [0.2, 0.25) is 15.3 Å². The highest BCUT2D eigenvalue weighted by molar-refractivity contribution is 6.40. The molecule has 0 aliphatic carbocycles. The third-order valence-corrected chi connectivity index (χ3v) is 3.17. The normalized spacial score (nSPS) is 10.6. The molecule has 1 aromatic carbocycles. The van der Waals surface area contributed by atoms with Gasteiger partial charge in [-0.3, -0.25) is 0 Å². The molecule has 0 saturated carbocycles. The summed E-state index contributed by atoms with van der Waals surface area (Å²) in [7, 11) is 0. The molecule has 1 aromatic heterocycles. The lowest BCUT2D eigenvalue weighted by atomic mass is 10.2. The molecule has 0 atom stereocenters. The van der Waals surface area contributed by atoms with Gasteiger partial charge >= 0.3 is 0 Å². The van der Waals surface area contributed by atoms with Gasteiger partial charge in [-0.15, -0.1) is 0 Å². The average molecular weight is 262 g/mol. The Morgan fingerprint density at radius 1 is 1.13 bits per heavy atom. The second kappa shape index (κ2) is 4.44. The Labute approximate surface area is 102 Å².